The number of benzene rings is 2. The first kappa shape index (κ1) is 25.0. The molecule has 0 aliphatic heterocycles. The van der Waals surface area contributed by atoms with Crippen LogP contribution in [0, 0.1) is 0 Å². The molecule has 0 atom stereocenters. The van der Waals surface area contributed by atoms with E-state index in [2.05, 4.69) is 5.16 Å². The summed E-state index contributed by atoms with van der Waals surface area (Å²) in [6.45, 7) is 0.650. The SMILES string of the molecule is ClC(Cl)=CCO/N=C/c1ccc(COc2c(Cl)cc(OCC=C(Cl)Cl)cc2Cl)cc1. The lowest BCUT2D eigenvalue weighted by atomic mass is 10.1. The number of ether oxygens (including phenoxy) is 2. The van der Waals surface area contributed by atoms with E-state index in [9.17, 15) is 0 Å². The summed E-state index contributed by atoms with van der Waals surface area (Å²) in [6.07, 6.45) is 4.56. The highest BCUT2D eigenvalue weighted by Crippen LogP contribution is 2.37. The number of rotatable bonds is 10. The Morgan fingerprint density at radius 2 is 1.43 bits per heavy atom. The Hall–Kier alpha value is -1.27. The van der Waals surface area contributed by atoms with Gasteiger partial charge in [-0.3, -0.25) is 0 Å². The quantitative estimate of drug-likeness (QED) is 0.178. The number of hydrogen-bond acceptors (Lipinski definition) is 4. The fourth-order valence-electron chi connectivity index (χ4n) is 2.06. The van der Waals surface area contributed by atoms with Crippen molar-refractivity contribution in [3.63, 3.8) is 0 Å². The van der Waals surface area contributed by atoms with Crippen molar-refractivity contribution >= 4 is 75.8 Å². The molecule has 160 valence electrons. The van der Waals surface area contributed by atoms with Gasteiger partial charge in [0.1, 0.15) is 34.6 Å². The Balaban J connectivity index is 1.91. The molecule has 2 aromatic rings. The van der Waals surface area contributed by atoms with E-state index in [1.807, 2.05) is 24.3 Å². The number of oxime groups is 1. The van der Waals surface area contributed by atoms with Crippen LogP contribution >= 0.6 is 69.6 Å². The molecule has 10 heteroatoms. The summed E-state index contributed by atoms with van der Waals surface area (Å²) in [4.78, 5) is 5.00. The number of hydrogen-bond donors (Lipinski definition) is 0. The third-order valence-electron chi connectivity index (χ3n) is 3.41. The maximum atomic E-state index is 6.26. The highest BCUT2D eigenvalue weighted by molar-refractivity contribution is 6.56. The van der Waals surface area contributed by atoms with E-state index in [0.717, 1.165) is 11.1 Å². The molecule has 0 spiro atoms. The summed E-state index contributed by atoms with van der Waals surface area (Å²) in [7, 11) is 0. The van der Waals surface area contributed by atoms with Gasteiger partial charge in [0.25, 0.3) is 0 Å². The molecule has 0 fully saturated rings. The average Bonchev–Trinajstić information content (AvgIpc) is 2.67. The Labute approximate surface area is 204 Å². The van der Waals surface area contributed by atoms with Gasteiger partial charge in [0.15, 0.2) is 5.75 Å². The summed E-state index contributed by atoms with van der Waals surface area (Å²) < 4.78 is 11.5. The van der Waals surface area contributed by atoms with Crippen molar-refractivity contribution in [1.82, 2.24) is 0 Å². The van der Waals surface area contributed by atoms with E-state index in [4.69, 9.17) is 83.9 Å². The van der Waals surface area contributed by atoms with Gasteiger partial charge < -0.3 is 14.3 Å². The summed E-state index contributed by atoms with van der Waals surface area (Å²) in [5.41, 5.74) is 1.77. The average molecular weight is 530 g/mol. The molecule has 0 bridgehead atoms. The van der Waals surface area contributed by atoms with Crippen LogP contribution in [0.1, 0.15) is 11.1 Å². The molecule has 30 heavy (non-hydrogen) atoms. The monoisotopic (exact) mass is 527 g/mol. The standard InChI is InChI=1S/C20H15Cl6NO3/c21-16-9-15(28-7-5-18(23)24)10-17(22)20(16)29-12-14-3-1-13(2-4-14)11-27-30-8-6-19(25)26/h1-6,9-11H,7-8,12H2/b27-11+. The maximum Gasteiger partial charge on any atom is 0.157 e. The van der Waals surface area contributed by atoms with Crippen molar-refractivity contribution in [3.05, 3.63) is 78.7 Å². The molecule has 0 aliphatic carbocycles. The zero-order valence-electron chi connectivity index (χ0n) is 15.3. The van der Waals surface area contributed by atoms with Crippen LogP contribution in [0.15, 0.2) is 62.7 Å². The lowest BCUT2D eigenvalue weighted by Crippen LogP contribution is -1.99. The summed E-state index contributed by atoms with van der Waals surface area (Å²) in [5, 5.41) is 4.46. The molecule has 0 saturated heterocycles. The first-order valence-corrected chi connectivity index (χ1v) is 10.6. The van der Waals surface area contributed by atoms with Gasteiger partial charge in [-0.15, -0.1) is 0 Å². The largest absolute Gasteiger partial charge is 0.489 e. The first-order chi connectivity index (χ1) is 14.3. The Morgan fingerprint density at radius 1 is 0.833 bits per heavy atom. The van der Waals surface area contributed by atoms with Crippen molar-refractivity contribution in [1.29, 1.82) is 0 Å². The van der Waals surface area contributed by atoms with Gasteiger partial charge in [0, 0.05) is 12.1 Å². The third kappa shape index (κ3) is 9.25. The normalized spacial score (nSPS) is 10.6. The van der Waals surface area contributed by atoms with Gasteiger partial charge in [-0.2, -0.15) is 0 Å². The second kappa shape index (κ2) is 13.2. The second-order valence-electron chi connectivity index (χ2n) is 5.58. The van der Waals surface area contributed by atoms with E-state index >= 15 is 0 Å². The van der Waals surface area contributed by atoms with Crippen LogP contribution in [0.5, 0.6) is 11.5 Å². The van der Waals surface area contributed by atoms with Crippen molar-refractivity contribution in [2.24, 2.45) is 5.16 Å². The van der Waals surface area contributed by atoms with Crippen LogP contribution < -0.4 is 9.47 Å². The van der Waals surface area contributed by atoms with Crippen LogP contribution in [-0.2, 0) is 11.4 Å². The molecule has 0 heterocycles. The van der Waals surface area contributed by atoms with Gasteiger partial charge in [0.05, 0.1) is 16.3 Å². The van der Waals surface area contributed by atoms with E-state index in [1.54, 1.807) is 18.3 Å². The molecule has 0 unspecified atom stereocenters. The highest BCUT2D eigenvalue weighted by atomic mass is 35.5. The Bertz CT molecular complexity index is 898. The zero-order chi connectivity index (χ0) is 21.9. The Morgan fingerprint density at radius 3 is 2.03 bits per heavy atom. The van der Waals surface area contributed by atoms with Gasteiger partial charge >= 0.3 is 0 Å². The molecular formula is C20H15Cl6NO3. The topological polar surface area (TPSA) is 40.0 Å². The molecule has 2 rings (SSSR count). The van der Waals surface area contributed by atoms with Crippen LogP contribution in [0.25, 0.3) is 0 Å². The smallest absolute Gasteiger partial charge is 0.157 e. The minimum absolute atomic E-state index is 0.116. The van der Waals surface area contributed by atoms with E-state index in [-0.39, 0.29) is 28.8 Å². The van der Waals surface area contributed by atoms with Gasteiger partial charge in [-0.25, -0.2) is 0 Å². The zero-order valence-corrected chi connectivity index (χ0v) is 19.8. The molecule has 2 aromatic carbocycles. The lowest BCUT2D eigenvalue weighted by Gasteiger charge is -2.12. The molecule has 0 aliphatic rings. The van der Waals surface area contributed by atoms with Crippen molar-refractivity contribution < 1.29 is 14.3 Å². The van der Waals surface area contributed by atoms with Crippen LogP contribution in [0.4, 0.5) is 0 Å². The molecular weight excluding hydrogens is 515 g/mol. The lowest BCUT2D eigenvalue weighted by molar-refractivity contribution is 0.176. The van der Waals surface area contributed by atoms with Crippen molar-refractivity contribution in [3.8, 4) is 11.5 Å². The highest BCUT2D eigenvalue weighted by Gasteiger charge is 2.11. The molecule has 0 saturated carbocycles. The number of nitrogens with zero attached hydrogens (tertiary/aromatic N) is 1. The minimum Gasteiger partial charge on any atom is -0.489 e. The van der Waals surface area contributed by atoms with Gasteiger partial charge in [-0.1, -0.05) is 99.0 Å². The van der Waals surface area contributed by atoms with Crippen molar-refractivity contribution in [2.45, 2.75) is 6.61 Å². The van der Waals surface area contributed by atoms with Gasteiger partial charge in [0.2, 0.25) is 0 Å². The molecule has 0 radical (unpaired) electrons. The van der Waals surface area contributed by atoms with Crippen LogP contribution in [-0.4, -0.2) is 19.4 Å². The van der Waals surface area contributed by atoms with Crippen LogP contribution in [0.2, 0.25) is 10.0 Å². The minimum atomic E-state index is 0.116. The maximum absolute atomic E-state index is 6.26. The van der Waals surface area contributed by atoms with Crippen molar-refractivity contribution in [2.75, 3.05) is 13.2 Å². The van der Waals surface area contributed by atoms with E-state index in [1.165, 1.54) is 12.2 Å². The number of halogens is 6. The first-order valence-electron chi connectivity index (χ1n) is 8.36. The summed E-state index contributed by atoms with van der Waals surface area (Å²) in [5.74, 6) is 0.833. The second-order valence-corrected chi connectivity index (χ2v) is 8.41. The van der Waals surface area contributed by atoms with E-state index in [0.29, 0.717) is 21.5 Å². The Kier molecular flexibility index (Phi) is 11.0. The molecule has 4 nitrogen and oxygen atoms in total. The molecule has 0 N–H and O–H groups in total. The summed E-state index contributed by atoms with van der Waals surface area (Å²) in [6, 6.07) is 10.7. The van der Waals surface area contributed by atoms with E-state index < -0.39 is 0 Å². The fourth-order valence-corrected chi connectivity index (χ4v) is 2.88. The third-order valence-corrected chi connectivity index (χ3v) is 4.59. The summed E-state index contributed by atoms with van der Waals surface area (Å²) >= 11 is 34.5. The predicted molar refractivity (Wildman–Crippen MR) is 126 cm³/mol. The predicted octanol–water partition coefficient (Wildman–Crippen LogP) is 7.94. The fraction of sp³-hybridized carbons (Fsp3) is 0.150. The van der Waals surface area contributed by atoms with Crippen LogP contribution in [0.3, 0.4) is 0 Å². The molecule has 0 aromatic heterocycles. The van der Waals surface area contributed by atoms with Gasteiger partial charge in [-0.05, 0) is 23.3 Å². The molecule has 0 amide bonds.